The van der Waals surface area contributed by atoms with E-state index in [1.807, 2.05) is 0 Å². The van der Waals surface area contributed by atoms with E-state index >= 15 is 0 Å². The lowest BCUT2D eigenvalue weighted by Crippen LogP contribution is -2.08. The molecule has 1 aromatic carbocycles. The first kappa shape index (κ1) is 20.9. The van der Waals surface area contributed by atoms with Crippen LogP contribution < -0.4 is 0 Å². The number of hydrogen-bond acceptors (Lipinski definition) is 6. The fourth-order valence-corrected chi connectivity index (χ4v) is 4.29. The third-order valence-corrected chi connectivity index (χ3v) is 6.57. The van der Waals surface area contributed by atoms with Gasteiger partial charge in [-0.25, -0.2) is 28.4 Å². The highest BCUT2D eigenvalue weighted by molar-refractivity contribution is 7.91. The van der Waals surface area contributed by atoms with Crippen LogP contribution in [0.3, 0.4) is 0 Å². The molecule has 0 N–H and O–H groups in total. The number of pyridine rings is 1. The van der Waals surface area contributed by atoms with Crippen LogP contribution in [0.25, 0.3) is 33.9 Å². The predicted octanol–water partition coefficient (Wildman–Crippen LogP) is 3.90. The van der Waals surface area contributed by atoms with Gasteiger partial charge >= 0.3 is 6.18 Å². The first-order valence-electron chi connectivity index (χ1n) is 9.16. The molecular formula is C20H16F3N5O2S. The van der Waals surface area contributed by atoms with Gasteiger partial charge in [-0.2, -0.15) is 13.2 Å². The molecule has 0 aliphatic carbocycles. The number of aryl methyl sites for hydroxylation is 1. The van der Waals surface area contributed by atoms with Crippen molar-refractivity contribution in [2.45, 2.75) is 18.0 Å². The van der Waals surface area contributed by atoms with E-state index in [1.165, 1.54) is 17.6 Å². The Hall–Kier alpha value is -3.34. The van der Waals surface area contributed by atoms with Crippen LogP contribution in [-0.2, 0) is 23.1 Å². The van der Waals surface area contributed by atoms with Crippen LogP contribution in [0.15, 0.2) is 53.8 Å². The normalized spacial score (nSPS) is 12.4. The van der Waals surface area contributed by atoms with E-state index < -0.39 is 21.6 Å². The van der Waals surface area contributed by atoms with Gasteiger partial charge in [0.2, 0.25) is 0 Å². The minimum atomic E-state index is -4.56. The van der Waals surface area contributed by atoms with Gasteiger partial charge in [-0.05, 0) is 24.3 Å². The zero-order valence-corrected chi connectivity index (χ0v) is 17.2. The molecule has 160 valence electrons. The minimum absolute atomic E-state index is 0.00518. The van der Waals surface area contributed by atoms with Crippen LogP contribution >= 0.6 is 0 Å². The molecule has 0 aliphatic heterocycles. The molecule has 4 aromatic rings. The first-order chi connectivity index (χ1) is 14.6. The van der Waals surface area contributed by atoms with Crippen molar-refractivity contribution in [3.63, 3.8) is 0 Å². The number of sulfone groups is 1. The Kier molecular flexibility index (Phi) is 5.00. The second-order valence-corrected chi connectivity index (χ2v) is 8.99. The molecule has 0 unspecified atom stereocenters. The van der Waals surface area contributed by atoms with E-state index in [0.29, 0.717) is 11.4 Å². The van der Waals surface area contributed by atoms with Gasteiger partial charge in [0.1, 0.15) is 11.3 Å². The zero-order chi connectivity index (χ0) is 22.4. The van der Waals surface area contributed by atoms with E-state index in [9.17, 15) is 21.6 Å². The minimum Gasteiger partial charge on any atom is -0.312 e. The Labute approximate surface area is 175 Å². The fraction of sp³-hybridized carbons (Fsp3) is 0.200. The summed E-state index contributed by atoms with van der Waals surface area (Å²) in [6.07, 6.45) is -0.751. The molecule has 0 spiro atoms. The number of hydrogen-bond donors (Lipinski definition) is 0. The van der Waals surface area contributed by atoms with Crippen molar-refractivity contribution >= 4 is 21.0 Å². The second-order valence-electron chi connectivity index (χ2n) is 6.75. The molecule has 11 heteroatoms. The van der Waals surface area contributed by atoms with Crippen molar-refractivity contribution in [3.8, 4) is 22.8 Å². The largest absolute Gasteiger partial charge is 0.417 e. The maximum absolute atomic E-state index is 13.1. The summed E-state index contributed by atoms with van der Waals surface area (Å²) in [4.78, 5) is 16.4. The van der Waals surface area contributed by atoms with Gasteiger partial charge in [-0.1, -0.05) is 13.0 Å². The number of nitrogens with zero attached hydrogens (tertiary/aromatic N) is 5. The Morgan fingerprint density at radius 2 is 1.77 bits per heavy atom. The number of benzene rings is 1. The molecule has 0 saturated heterocycles. The van der Waals surface area contributed by atoms with Crippen molar-refractivity contribution in [1.82, 2.24) is 24.5 Å². The van der Waals surface area contributed by atoms with Gasteiger partial charge in [0.05, 0.1) is 16.2 Å². The Morgan fingerprint density at radius 1 is 1.06 bits per heavy atom. The van der Waals surface area contributed by atoms with Crippen molar-refractivity contribution in [2.24, 2.45) is 7.05 Å². The quantitative estimate of drug-likeness (QED) is 0.471. The maximum Gasteiger partial charge on any atom is 0.417 e. The summed E-state index contributed by atoms with van der Waals surface area (Å²) in [6.45, 7) is 1.51. The van der Waals surface area contributed by atoms with Gasteiger partial charge in [0.15, 0.2) is 21.3 Å². The lowest BCUT2D eigenvalue weighted by Gasteiger charge is -2.11. The average Bonchev–Trinajstić information content (AvgIpc) is 3.09. The highest BCUT2D eigenvalue weighted by Gasteiger charge is 2.32. The summed E-state index contributed by atoms with van der Waals surface area (Å²) in [5, 5.41) is 0. The second kappa shape index (κ2) is 7.41. The van der Waals surface area contributed by atoms with Crippen molar-refractivity contribution < 1.29 is 21.6 Å². The highest BCUT2D eigenvalue weighted by Crippen LogP contribution is 2.34. The van der Waals surface area contributed by atoms with E-state index in [-0.39, 0.29) is 33.2 Å². The number of imidazole rings is 1. The number of alkyl halides is 3. The topological polar surface area (TPSA) is 90.6 Å². The summed E-state index contributed by atoms with van der Waals surface area (Å²) >= 11 is 0. The summed E-state index contributed by atoms with van der Waals surface area (Å²) in [5.74, 6) is 0.372. The van der Waals surface area contributed by atoms with Crippen molar-refractivity contribution in [1.29, 1.82) is 0 Å². The SMILES string of the molecule is CCS(=O)(=O)c1cc(-c2ncccn2)ccc1-c1nc2cc(C(F)(F)F)cnc2n1C. The summed E-state index contributed by atoms with van der Waals surface area (Å²) in [7, 11) is -2.13. The molecule has 0 radical (unpaired) electrons. The molecule has 0 aliphatic rings. The molecule has 0 bridgehead atoms. The van der Waals surface area contributed by atoms with Gasteiger partial charge in [-0.3, -0.25) is 0 Å². The van der Waals surface area contributed by atoms with Crippen molar-refractivity contribution in [3.05, 3.63) is 54.5 Å². The number of fused-ring (bicyclic) bond motifs is 1. The molecule has 31 heavy (non-hydrogen) atoms. The number of rotatable bonds is 4. The number of halogens is 3. The van der Waals surface area contributed by atoms with Gasteiger partial charge in [0.25, 0.3) is 0 Å². The smallest absolute Gasteiger partial charge is 0.312 e. The van der Waals surface area contributed by atoms with Crippen LogP contribution in [0, 0.1) is 0 Å². The van der Waals surface area contributed by atoms with Crippen LogP contribution in [0.2, 0.25) is 0 Å². The van der Waals surface area contributed by atoms with Gasteiger partial charge in [0, 0.05) is 36.8 Å². The molecule has 0 fully saturated rings. The van der Waals surface area contributed by atoms with Crippen LogP contribution in [0.5, 0.6) is 0 Å². The third kappa shape index (κ3) is 3.76. The Balaban J connectivity index is 1.95. The molecule has 0 saturated carbocycles. The third-order valence-electron chi connectivity index (χ3n) is 4.80. The first-order valence-corrected chi connectivity index (χ1v) is 10.8. The van der Waals surface area contributed by atoms with Crippen molar-refractivity contribution in [2.75, 3.05) is 5.75 Å². The molecule has 3 heterocycles. The lowest BCUT2D eigenvalue weighted by molar-refractivity contribution is -0.137. The fourth-order valence-electron chi connectivity index (χ4n) is 3.18. The van der Waals surface area contributed by atoms with Gasteiger partial charge in [-0.15, -0.1) is 0 Å². The summed E-state index contributed by atoms with van der Waals surface area (Å²) in [5.41, 5.74) is 0.0480. The maximum atomic E-state index is 13.1. The Morgan fingerprint density at radius 3 is 2.42 bits per heavy atom. The molecule has 3 aromatic heterocycles. The van der Waals surface area contributed by atoms with Crippen LogP contribution in [-0.4, -0.2) is 38.7 Å². The van der Waals surface area contributed by atoms with Gasteiger partial charge < -0.3 is 4.57 Å². The van der Waals surface area contributed by atoms with E-state index in [0.717, 1.165) is 12.3 Å². The molecular weight excluding hydrogens is 431 g/mol. The predicted molar refractivity (Wildman–Crippen MR) is 108 cm³/mol. The monoisotopic (exact) mass is 447 g/mol. The number of aromatic nitrogens is 5. The zero-order valence-electron chi connectivity index (χ0n) is 16.4. The Bertz CT molecular complexity index is 1380. The van der Waals surface area contributed by atoms with Crippen LogP contribution in [0.4, 0.5) is 13.2 Å². The highest BCUT2D eigenvalue weighted by atomic mass is 32.2. The molecule has 0 amide bonds. The molecule has 0 atom stereocenters. The van der Waals surface area contributed by atoms with E-state index in [4.69, 9.17) is 0 Å². The van der Waals surface area contributed by atoms with E-state index in [2.05, 4.69) is 19.9 Å². The summed E-state index contributed by atoms with van der Waals surface area (Å²) < 4.78 is 66.3. The lowest BCUT2D eigenvalue weighted by atomic mass is 10.1. The average molecular weight is 447 g/mol. The molecule has 7 nitrogen and oxygen atoms in total. The van der Waals surface area contributed by atoms with E-state index in [1.54, 1.807) is 37.6 Å². The molecule has 4 rings (SSSR count). The summed E-state index contributed by atoms with van der Waals surface area (Å²) in [6, 6.07) is 7.19. The standard InChI is InChI=1S/C20H16F3N5O2S/c1-3-31(29,30)16-9-12(17-24-7-4-8-25-17)5-6-14(16)18-27-15-10-13(20(21,22)23)11-26-19(15)28(18)2/h4-11H,3H2,1-2H3. The van der Waals surface area contributed by atoms with Crippen LogP contribution in [0.1, 0.15) is 12.5 Å².